The van der Waals surface area contributed by atoms with Crippen LogP contribution in [0, 0.1) is 0 Å². The molecule has 0 aliphatic rings. The van der Waals surface area contributed by atoms with Crippen molar-refractivity contribution in [1.29, 1.82) is 0 Å². The van der Waals surface area contributed by atoms with Crippen molar-refractivity contribution in [1.82, 2.24) is 14.6 Å². The molecule has 0 aliphatic carbocycles. The van der Waals surface area contributed by atoms with Crippen LogP contribution in [0.25, 0.3) is 11.0 Å². The van der Waals surface area contributed by atoms with E-state index < -0.39 is 0 Å². The lowest BCUT2D eigenvalue weighted by molar-refractivity contribution is 0.954. The second-order valence-electron chi connectivity index (χ2n) is 3.65. The van der Waals surface area contributed by atoms with Gasteiger partial charge < -0.3 is 5.73 Å². The third-order valence-electron chi connectivity index (χ3n) is 2.44. The molecule has 3 rings (SSSR count). The zero-order valence-electron chi connectivity index (χ0n) is 9.04. The van der Waals surface area contributed by atoms with Gasteiger partial charge in [-0.2, -0.15) is 0 Å². The van der Waals surface area contributed by atoms with Gasteiger partial charge in [0.25, 0.3) is 0 Å². The fraction of sp³-hybridized carbons (Fsp3) is 0. The highest BCUT2D eigenvalue weighted by atomic mass is 15.4. The van der Waals surface area contributed by atoms with Crippen LogP contribution in [0.1, 0.15) is 0 Å². The Kier molecular flexibility index (Phi) is 2.15. The molecule has 0 aliphatic heterocycles. The van der Waals surface area contributed by atoms with Gasteiger partial charge in [0.2, 0.25) is 0 Å². The molecule has 0 radical (unpaired) electrons. The molecule has 5 nitrogen and oxygen atoms in total. The standard InChI is InChI=1S/C12H11N5/c13-11-12(16-17-7-3-4-8-17)15-10-6-2-1-5-9(10)14-11/h1-8H,(H2,13,14)(H,15,16). The van der Waals surface area contributed by atoms with E-state index in [-0.39, 0.29) is 0 Å². The number of rotatable bonds is 2. The summed E-state index contributed by atoms with van der Waals surface area (Å²) in [4.78, 5) is 8.73. The van der Waals surface area contributed by atoms with Gasteiger partial charge in [0, 0.05) is 12.4 Å². The summed E-state index contributed by atoms with van der Waals surface area (Å²) >= 11 is 0. The van der Waals surface area contributed by atoms with Gasteiger partial charge in [0.05, 0.1) is 11.0 Å². The SMILES string of the molecule is Nc1nc2ccccc2nc1Nn1cccc1. The number of aromatic nitrogens is 3. The number of benzene rings is 1. The molecular formula is C12H11N5. The number of hydrogen-bond acceptors (Lipinski definition) is 4. The quantitative estimate of drug-likeness (QED) is 0.698. The fourth-order valence-electron chi connectivity index (χ4n) is 1.63. The van der Waals surface area contributed by atoms with E-state index in [9.17, 15) is 0 Å². The molecule has 0 atom stereocenters. The van der Waals surface area contributed by atoms with E-state index in [4.69, 9.17) is 5.73 Å². The Morgan fingerprint density at radius 2 is 1.59 bits per heavy atom. The van der Waals surface area contributed by atoms with Crippen molar-refractivity contribution in [2.24, 2.45) is 0 Å². The Hall–Kier alpha value is -2.56. The van der Waals surface area contributed by atoms with Crippen molar-refractivity contribution in [2.45, 2.75) is 0 Å². The number of fused-ring (bicyclic) bond motifs is 1. The monoisotopic (exact) mass is 225 g/mol. The molecule has 0 bridgehead atoms. The summed E-state index contributed by atoms with van der Waals surface area (Å²) in [5.74, 6) is 0.942. The van der Waals surface area contributed by atoms with Gasteiger partial charge in [-0.05, 0) is 24.3 Å². The minimum absolute atomic E-state index is 0.386. The van der Waals surface area contributed by atoms with Gasteiger partial charge in [-0.1, -0.05) is 12.1 Å². The molecule has 2 heterocycles. The van der Waals surface area contributed by atoms with Crippen LogP contribution >= 0.6 is 0 Å². The lowest BCUT2D eigenvalue weighted by atomic mass is 10.3. The average Bonchev–Trinajstić information content (AvgIpc) is 2.83. The second-order valence-corrected chi connectivity index (χ2v) is 3.65. The van der Waals surface area contributed by atoms with Crippen LogP contribution in [0.5, 0.6) is 0 Å². The van der Waals surface area contributed by atoms with Crippen molar-refractivity contribution < 1.29 is 0 Å². The zero-order chi connectivity index (χ0) is 11.7. The molecule has 84 valence electrons. The van der Waals surface area contributed by atoms with Crippen LogP contribution in [0.3, 0.4) is 0 Å². The van der Waals surface area contributed by atoms with E-state index in [0.717, 1.165) is 11.0 Å². The number of nitrogens with zero attached hydrogens (tertiary/aromatic N) is 3. The molecule has 0 saturated carbocycles. The second kappa shape index (κ2) is 3.79. The molecule has 1 aromatic carbocycles. The first-order valence-electron chi connectivity index (χ1n) is 5.25. The largest absolute Gasteiger partial charge is 0.381 e. The van der Waals surface area contributed by atoms with Crippen LogP contribution in [0.4, 0.5) is 11.6 Å². The topological polar surface area (TPSA) is 68.8 Å². The highest BCUT2D eigenvalue weighted by Crippen LogP contribution is 2.18. The zero-order valence-corrected chi connectivity index (χ0v) is 9.04. The molecule has 0 spiro atoms. The van der Waals surface area contributed by atoms with E-state index in [1.54, 1.807) is 4.68 Å². The molecular weight excluding hydrogens is 214 g/mol. The van der Waals surface area contributed by atoms with Crippen molar-refractivity contribution >= 4 is 22.7 Å². The van der Waals surface area contributed by atoms with Gasteiger partial charge in [0.15, 0.2) is 11.6 Å². The molecule has 17 heavy (non-hydrogen) atoms. The summed E-state index contributed by atoms with van der Waals surface area (Å²) in [5, 5.41) is 0. The molecule has 0 unspecified atom stereocenters. The maximum atomic E-state index is 5.85. The highest BCUT2D eigenvalue weighted by molar-refractivity contribution is 5.79. The number of para-hydroxylation sites is 2. The number of nitrogens with two attached hydrogens (primary N) is 1. The van der Waals surface area contributed by atoms with Gasteiger partial charge in [-0.3, -0.25) is 10.1 Å². The predicted octanol–water partition coefficient (Wildman–Crippen LogP) is 1.89. The maximum absolute atomic E-state index is 5.85. The van der Waals surface area contributed by atoms with E-state index in [2.05, 4.69) is 15.4 Å². The summed E-state index contributed by atoms with van der Waals surface area (Å²) in [6.07, 6.45) is 3.74. The van der Waals surface area contributed by atoms with E-state index in [0.29, 0.717) is 11.6 Å². The molecule has 2 aromatic heterocycles. The first-order valence-corrected chi connectivity index (χ1v) is 5.25. The average molecular weight is 225 g/mol. The Bertz CT molecular complexity index is 645. The van der Waals surface area contributed by atoms with E-state index in [1.807, 2.05) is 48.8 Å². The van der Waals surface area contributed by atoms with Crippen LogP contribution in [-0.4, -0.2) is 14.6 Å². The maximum Gasteiger partial charge on any atom is 0.188 e. The number of nitrogen functional groups attached to an aromatic ring is 1. The molecule has 5 heteroatoms. The molecule has 3 aromatic rings. The summed E-state index contributed by atoms with van der Waals surface area (Å²) in [6, 6.07) is 11.5. The number of anilines is 2. The number of hydrogen-bond donors (Lipinski definition) is 2. The van der Waals surface area contributed by atoms with Gasteiger partial charge in [0.1, 0.15) is 0 Å². The first-order chi connectivity index (χ1) is 8.33. The Morgan fingerprint density at radius 1 is 0.941 bits per heavy atom. The summed E-state index contributed by atoms with van der Waals surface area (Å²) < 4.78 is 1.77. The minimum Gasteiger partial charge on any atom is -0.381 e. The molecule has 0 amide bonds. The number of nitrogens with one attached hydrogen (secondary N) is 1. The highest BCUT2D eigenvalue weighted by Gasteiger charge is 2.04. The summed E-state index contributed by atoms with van der Waals surface area (Å²) in [7, 11) is 0. The molecule has 3 N–H and O–H groups in total. The van der Waals surface area contributed by atoms with Crippen molar-refractivity contribution in [3.05, 3.63) is 48.8 Å². The third kappa shape index (κ3) is 1.78. The van der Waals surface area contributed by atoms with Crippen molar-refractivity contribution in [2.75, 3.05) is 11.2 Å². The van der Waals surface area contributed by atoms with Crippen LogP contribution < -0.4 is 11.2 Å². The smallest absolute Gasteiger partial charge is 0.188 e. The van der Waals surface area contributed by atoms with Crippen LogP contribution in [0.15, 0.2) is 48.8 Å². The lowest BCUT2D eigenvalue weighted by Crippen LogP contribution is -2.10. The predicted molar refractivity (Wildman–Crippen MR) is 67.4 cm³/mol. The Labute approximate surface area is 97.9 Å². The molecule has 0 saturated heterocycles. The van der Waals surface area contributed by atoms with Crippen LogP contribution in [0.2, 0.25) is 0 Å². The van der Waals surface area contributed by atoms with Gasteiger partial charge in [-0.25, -0.2) is 9.97 Å². The van der Waals surface area contributed by atoms with Crippen molar-refractivity contribution in [3.63, 3.8) is 0 Å². The first kappa shape index (κ1) is 9.65. The van der Waals surface area contributed by atoms with Gasteiger partial charge in [-0.15, -0.1) is 0 Å². The normalized spacial score (nSPS) is 10.6. The molecule has 0 fully saturated rings. The minimum atomic E-state index is 0.386. The summed E-state index contributed by atoms with van der Waals surface area (Å²) in [5.41, 5.74) is 10.5. The Balaban J connectivity index is 2.07. The van der Waals surface area contributed by atoms with Crippen molar-refractivity contribution in [3.8, 4) is 0 Å². The van der Waals surface area contributed by atoms with Gasteiger partial charge >= 0.3 is 0 Å². The Morgan fingerprint density at radius 3 is 2.29 bits per heavy atom. The van der Waals surface area contributed by atoms with Crippen LogP contribution in [-0.2, 0) is 0 Å². The van der Waals surface area contributed by atoms with E-state index in [1.165, 1.54) is 0 Å². The summed E-state index contributed by atoms with van der Waals surface area (Å²) in [6.45, 7) is 0. The van der Waals surface area contributed by atoms with E-state index >= 15 is 0 Å². The lowest BCUT2D eigenvalue weighted by Gasteiger charge is -2.09. The third-order valence-corrected chi connectivity index (χ3v) is 2.44. The fourth-order valence-corrected chi connectivity index (χ4v) is 1.63.